The van der Waals surface area contributed by atoms with Gasteiger partial charge in [0.1, 0.15) is 0 Å². The fourth-order valence-electron chi connectivity index (χ4n) is 2.29. The molecule has 1 saturated heterocycles. The molecule has 0 saturated carbocycles. The fourth-order valence-corrected chi connectivity index (χ4v) is 3.06. The average Bonchev–Trinajstić information content (AvgIpc) is 2.86. The van der Waals surface area contributed by atoms with Crippen LogP contribution in [0.2, 0.25) is 0 Å². The maximum Gasteiger partial charge on any atom is 0.261 e. The number of hydrogen-bond donors (Lipinski definition) is 1. The summed E-state index contributed by atoms with van der Waals surface area (Å²) in [6.45, 7) is 2.58. The second kappa shape index (κ2) is 6.11. The predicted octanol–water partition coefficient (Wildman–Crippen LogP) is 2.37. The van der Waals surface area contributed by atoms with Crippen molar-refractivity contribution in [2.75, 3.05) is 11.9 Å². The van der Waals surface area contributed by atoms with Gasteiger partial charge in [0.2, 0.25) is 5.91 Å². The Balaban J connectivity index is 2.05. The number of benzene rings is 1. The molecule has 2 unspecified atom stereocenters. The fraction of sp³-hybridized carbons (Fsp3) is 0.462. The van der Waals surface area contributed by atoms with Crippen LogP contribution < -0.4 is 5.32 Å². The molecule has 1 amide bonds. The first-order valence-corrected chi connectivity index (χ1v) is 8.70. The summed E-state index contributed by atoms with van der Waals surface area (Å²) in [6.07, 6.45) is 1.46. The monoisotopic (exact) mass is 317 g/mol. The van der Waals surface area contributed by atoms with Crippen molar-refractivity contribution in [1.82, 2.24) is 0 Å². The van der Waals surface area contributed by atoms with E-state index in [1.54, 1.807) is 0 Å². The number of hydrogen-bond acceptors (Lipinski definition) is 4. The van der Waals surface area contributed by atoms with E-state index in [1.807, 2.05) is 6.92 Å². The lowest BCUT2D eigenvalue weighted by Crippen LogP contribution is -2.29. The van der Waals surface area contributed by atoms with Crippen molar-refractivity contribution in [1.29, 1.82) is 0 Å². The van der Waals surface area contributed by atoms with Crippen LogP contribution in [-0.2, 0) is 18.6 Å². The maximum absolute atomic E-state index is 12.1. The van der Waals surface area contributed by atoms with Crippen molar-refractivity contribution < 1.29 is 17.9 Å². The lowest BCUT2D eigenvalue weighted by Gasteiger charge is -2.16. The van der Waals surface area contributed by atoms with Crippen molar-refractivity contribution >= 4 is 31.3 Å². The summed E-state index contributed by atoms with van der Waals surface area (Å²) in [5, 5.41) is 2.77. The van der Waals surface area contributed by atoms with Gasteiger partial charge in [-0.15, -0.1) is 0 Å². The number of ether oxygens (including phenoxy) is 1. The second-order valence-corrected chi connectivity index (χ2v) is 7.23. The molecule has 2 atom stereocenters. The normalized spacial score (nSPS) is 22.7. The minimum Gasteiger partial charge on any atom is -0.377 e. The summed E-state index contributed by atoms with van der Waals surface area (Å²) < 4.78 is 27.7. The van der Waals surface area contributed by atoms with E-state index in [1.165, 1.54) is 24.3 Å². The Bertz CT molecular complexity index is 585. The largest absolute Gasteiger partial charge is 0.377 e. The third-order valence-corrected chi connectivity index (χ3v) is 4.72. The summed E-state index contributed by atoms with van der Waals surface area (Å²) in [5.41, 5.74) is 0.542. The Hall–Kier alpha value is -1.11. The van der Waals surface area contributed by atoms with E-state index in [0.29, 0.717) is 18.7 Å². The molecule has 0 spiro atoms. The van der Waals surface area contributed by atoms with Crippen LogP contribution >= 0.6 is 10.7 Å². The molecule has 1 aromatic carbocycles. The van der Waals surface area contributed by atoms with Crippen LogP contribution in [0.1, 0.15) is 19.8 Å². The van der Waals surface area contributed by atoms with Crippen molar-refractivity contribution in [3.05, 3.63) is 24.3 Å². The van der Waals surface area contributed by atoms with Gasteiger partial charge in [0, 0.05) is 23.0 Å². The third-order valence-electron chi connectivity index (χ3n) is 3.35. The van der Waals surface area contributed by atoms with Gasteiger partial charge in [-0.3, -0.25) is 4.79 Å². The van der Waals surface area contributed by atoms with Crippen molar-refractivity contribution in [2.45, 2.75) is 30.8 Å². The zero-order valence-electron chi connectivity index (χ0n) is 11.0. The summed E-state index contributed by atoms with van der Waals surface area (Å²) in [6, 6.07) is 5.76. The zero-order chi connectivity index (χ0) is 14.8. The summed E-state index contributed by atoms with van der Waals surface area (Å²) in [7, 11) is 1.49. The van der Waals surface area contributed by atoms with Gasteiger partial charge in [-0.1, -0.05) is 6.92 Å². The summed E-state index contributed by atoms with van der Waals surface area (Å²) >= 11 is 0. The van der Waals surface area contributed by atoms with Crippen molar-refractivity contribution in [2.24, 2.45) is 5.92 Å². The second-order valence-electron chi connectivity index (χ2n) is 4.66. The molecule has 1 aliphatic heterocycles. The molecule has 0 radical (unpaired) electrons. The van der Waals surface area contributed by atoms with Gasteiger partial charge in [-0.05, 0) is 37.1 Å². The maximum atomic E-state index is 12.1. The predicted molar refractivity (Wildman–Crippen MR) is 76.2 cm³/mol. The third kappa shape index (κ3) is 3.50. The molecular formula is C13H16ClNO4S. The van der Waals surface area contributed by atoms with E-state index in [9.17, 15) is 13.2 Å². The van der Waals surface area contributed by atoms with E-state index in [2.05, 4.69) is 5.32 Å². The van der Waals surface area contributed by atoms with Gasteiger partial charge >= 0.3 is 0 Å². The Morgan fingerprint density at radius 2 is 2.05 bits per heavy atom. The summed E-state index contributed by atoms with van der Waals surface area (Å²) in [5.74, 6) is -0.257. The Kier molecular flexibility index (Phi) is 4.67. The zero-order valence-corrected chi connectivity index (χ0v) is 12.6. The Morgan fingerprint density at radius 3 is 2.60 bits per heavy atom. The molecule has 0 bridgehead atoms. The number of amides is 1. The molecule has 7 heteroatoms. The van der Waals surface area contributed by atoms with Crippen LogP contribution in [-0.4, -0.2) is 27.0 Å². The molecule has 0 aliphatic carbocycles. The SMILES string of the molecule is CCC1OCCC1C(=O)Nc1ccc(S(=O)(=O)Cl)cc1. The smallest absolute Gasteiger partial charge is 0.261 e. The van der Waals surface area contributed by atoms with Crippen LogP contribution in [0.25, 0.3) is 0 Å². The molecule has 1 aliphatic rings. The standard InChI is InChI=1S/C13H16ClNO4S/c1-2-12-11(7-8-19-12)13(16)15-9-3-5-10(6-4-9)20(14,17)18/h3-6,11-12H,2,7-8H2,1H3,(H,15,16). The van der Waals surface area contributed by atoms with Crippen LogP contribution in [0.5, 0.6) is 0 Å². The average molecular weight is 318 g/mol. The van der Waals surface area contributed by atoms with Gasteiger partial charge < -0.3 is 10.1 Å². The van der Waals surface area contributed by atoms with Gasteiger partial charge in [-0.2, -0.15) is 0 Å². The number of anilines is 1. The molecular weight excluding hydrogens is 302 g/mol. The van der Waals surface area contributed by atoms with Gasteiger partial charge in [-0.25, -0.2) is 8.42 Å². The number of nitrogens with one attached hydrogen (secondary N) is 1. The molecule has 0 aromatic heterocycles. The number of halogens is 1. The molecule has 5 nitrogen and oxygen atoms in total. The molecule has 1 N–H and O–H groups in total. The number of rotatable bonds is 4. The molecule has 1 fully saturated rings. The minimum atomic E-state index is -3.74. The van der Waals surface area contributed by atoms with Crippen molar-refractivity contribution in [3.8, 4) is 0 Å². The topological polar surface area (TPSA) is 72.5 Å². The Labute approximate surface area is 122 Å². The first kappa shape index (κ1) is 15.3. The van der Waals surface area contributed by atoms with Gasteiger partial charge in [0.15, 0.2) is 0 Å². The van der Waals surface area contributed by atoms with Crippen LogP contribution in [0.3, 0.4) is 0 Å². The number of carbonyl (C=O) groups is 1. The van der Waals surface area contributed by atoms with E-state index in [0.717, 1.165) is 6.42 Å². The van der Waals surface area contributed by atoms with Crippen LogP contribution in [0.15, 0.2) is 29.2 Å². The van der Waals surface area contributed by atoms with Gasteiger partial charge in [0.25, 0.3) is 9.05 Å². The van der Waals surface area contributed by atoms with E-state index in [-0.39, 0.29) is 22.8 Å². The van der Waals surface area contributed by atoms with Crippen molar-refractivity contribution in [3.63, 3.8) is 0 Å². The lowest BCUT2D eigenvalue weighted by molar-refractivity contribution is -0.121. The number of carbonyl (C=O) groups excluding carboxylic acids is 1. The van der Waals surface area contributed by atoms with Crippen LogP contribution in [0.4, 0.5) is 5.69 Å². The van der Waals surface area contributed by atoms with E-state index < -0.39 is 9.05 Å². The first-order valence-electron chi connectivity index (χ1n) is 6.39. The molecule has 1 aromatic rings. The molecule has 2 rings (SSSR count). The summed E-state index contributed by atoms with van der Waals surface area (Å²) in [4.78, 5) is 12.1. The molecule has 20 heavy (non-hydrogen) atoms. The minimum absolute atomic E-state index is 0.00722. The highest BCUT2D eigenvalue weighted by Gasteiger charge is 2.32. The first-order chi connectivity index (χ1) is 9.41. The van der Waals surface area contributed by atoms with Crippen LogP contribution in [0, 0.1) is 5.92 Å². The van der Waals surface area contributed by atoms with Gasteiger partial charge in [0.05, 0.1) is 16.9 Å². The highest BCUT2D eigenvalue weighted by atomic mass is 35.7. The molecule has 1 heterocycles. The van der Waals surface area contributed by atoms with E-state index >= 15 is 0 Å². The highest BCUT2D eigenvalue weighted by molar-refractivity contribution is 8.13. The molecule has 110 valence electrons. The quantitative estimate of drug-likeness (QED) is 0.865. The lowest BCUT2D eigenvalue weighted by atomic mass is 9.98. The highest BCUT2D eigenvalue weighted by Crippen LogP contribution is 2.25. The van der Waals surface area contributed by atoms with E-state index in [4.69, 9.17) is 15.4 Å². The Morgan fingerprint density at radius 1 is 1.40 bits per heavy atom.